The van der Waals surface area contributed by atoms with E-state index in [0.717, 1.165) is 18.5 Å². The number of aromatic nitrogens is 4. The zero-order chi connectivity index (χ0) is 15.5. The molecule has 0 unspecified atom stereocenters. The number of anilines is 1. The van der Waals surface area contributed by atoms with E-state index in [1.54, 1.807) is 4.68 Å². The van der Waals surface area contributed by atoms with Gasteiger partial charge in [0.2, 0.25) is 11.1 Å². The molecule has 7 heteroatoms. The number of carbonyl (C=O) groups excluding carboxylic acids is 1. The number of amides is 1. The van der Waals surface area contributed by atoms with Gasteiger partial charge in [-0.15, -0.1) is 5.10 Å². The van der Waals surface area contributed by atoms with Crippen LogP contribution in [-0.2, 0) is 24.2 Å². The lowest BCUT2D eigenvalue weighted by Crippen LogP contribution is -2.23. The van der Waals surface area contributed by atoms with Crippen molar-refractivity contribution in [1.29, 1.82) is 0 Å². The van der Waals surface area contributed by atoms with Crippen LogP contribution in [0.15, 0.2) is 23.4 Å². The van der Waals surface area contributed by atoms with Gasteiger partial charge in [0.25, 0.3) is 0 Å². The molecule has 1 aromatic carbocycles. The molecular weight excluding hydrogens is 298 g/mol. The van der Waals surface area contributed by atoms with Crippen LogP contribution < -0.4 is 5.32 Å². The molecule has 1 aliphatic carbocycles. The highest BCUT2D eigenvalue weighted by Gasteiger charge is 2.19. The zero-order valence-corrected chi connectivity index (χ0v) is 13.6. The maximum Gasteiger partial charge on any atom is 0.237 e. The third kappa shape index (κ3) is 3.14. The first-order valence-electron chi connectivity index (χ1n) is 7.53. The van der Waals surface area contributed by atoms with Gasteiger partial charge in [0, 0.05) is 12.2 Å². The fraction of sp³-hybridized carbons (Fsp3) is 0.467. The first-order chi connectivity index (χ1) is 10.7. The summed E-state index contributed by atoms with van der Waals surface area (Å²) in [7, 11) is 0. The molecule has 0 bridgehead atoms. The maximum atomic E-state index is 12.3. The van der Waals surface area contributed by atoms with Crippen LogP contribution in [0.5, 0.6) is 0 Å². The number of tetrazole rings is 1. The van der Waals surface area contributed by atoms with E-state index in [4.69, 9.17) is 0 Å². The van der Waals surface area contributed by atoms with E-state index in [9.17, 15) is 4.79 Å². The van der Waals surface area contributed by atoms with Crippen molar-refractivity contribution >= 4 is 23.4 Å². The standard InChI is InChI=1S/C15H19N5OS/c1-3-20-15(17-18-19-20)22-10(2)14(21)16-13-8-7-11-5-4-6-12(11)9-13/h7-10H,3-6H2,1-2H3,(H,16,21)/t10-/m0/s1. The number of thioether (sulfide) groups is 1. The largest absolute Gasteiger partial charge is 0.325 e. The molecule has 3 rings (SSSR count). The Kier molecular flexibility index (Phi) is 4.42. The number of hydrogen-bond donors (Lipinski definition) is 1. The Morgan fingerprint density at radius 1 is 1.41 bits per heavy atom. The topological polar surface area (TPSA) is 72.7 Å². The van der Waals surface area contributed by atoms with Crippen molar-refractivity contribution in [1.82, 2.24) is 20.2 Å². The van der Waals surface area contributed by atoms with Crippen molar-refractivity contribution in [2.45, 2.75) is 50.1 Å². The number of nitrogens with zero attached hydrogens (tertiary/aromatic N) is 4. The van der Waals surface area contributed by atoms with Crippen molar-refractivity contribution in [3.05, 3.63) is 29.3 Å². The van der Waals surface area contributed by atoms with Gasteiger partial charge in [0.1, 0.15) is 0 Å². The summed E-state index contributed by atoms with van der Waals surface area (Å²) in [6.45, 7) is 4.52. The van der Waals surface area contributed by atoms with E-state index >= 15 is 0 Å². The van der Waals surface area contributed by atoms with Crippen LogP contribution in [0.25, 0.3) is 0 Å². The van der Waals surface area contributed by atoms with Gasteiger partial charge in [-0.3, -0.25) is 4.79 Å². The van der Waals surface area contributed by atoms with Crippen LogP contribution in [0, 0.1) is 0 Å². The molecule has 1 aromatic heterocycles. The Labute approximate surface area is 133 Å². The molecule has 1 aliphatic rings. The molecule has 0 spiro atoms. The van der Waals surface area contributed by atoms with Crippen LogP contribution in [-0.4, -0.2) is 31.4 Å². The molecule has 116 valence electrons. The van der Waals surface area contributed by atoms with Crippen LogP contribution in [0.4, 0.5) is 5.69 Å². The van der Waals surface area contributed by atoms with E-state index in [2.05, 4.69) is 33.0 Å². The van der Waals surface area contributed by atoms with Gasteiger partial charge >= 0.3 is 0 Å². The van der Waals surface area contributed by atoms with Gasteiger partial charge in [-0.2, -0.15) is 0 Å². The second-order valence-corrected chi connectivity index (χ2v) is 6.67. The molecule has 1 heterocycles. The molecule has 22 heavy (non-hydrogen) atoms. The molecule has 6 nitrogen and oxygen atoms in total. The third-order valence-corrected chi connectivity index (χ3v) is 4.89. The summed E-state index contributed by atoms with van der Waals surface area (Å²) in [5.74, 6) is -0.0337. The van der Waals surface area contributed by atoms with Crippen molar-refractivity contribution in [3.8, 4) is 0 Å². The van der Waals surface area contributed by atoms with Crippen LogP contribution in [0.3, 0.4) is 0 Å². The molecule has 2 aromatic rings. The summed E-state index contributed by atoms with van der Waals surface area (Å²) in [6, 6.07) is 6.19. The lowest BCUT2D eigenvalue weighted by atomic mass is 10.1. The Morgan fingerprint density at radius 2 is 2.23 bits per heavy atom. The SMILES string of the molecule is CCn1nnnc1S[C@@H](C)C(=O)Nc1ccc2c(c1)CCC2. The molecule has 1 amide bonds. The van der Waals surface area contributed by atoms with E-state index in [1.165, 1.54) is 29.3 Å². The van der Waals surface area contributed by atoms with Crippen LogP contribution in [0.2, 0.25) is 0 Å². The quantitative estimate of drug-likeness (QED) is 0.857. The van der Waals surface area contributed by atoms with Gasteiger partial charge in [-0.25, -0.2) is 4.68 Å². The van der Waals surface area contributed by atoms with Crippen molar-refractivity contribution in [2.75, 3.05) is 5.32 Å². The normalized spacial score (nSPS) is 14.6. The van der Waals surface area contributed by atoms with Gasteiger partial charge in [-0.05, 0) is 66.8 Å². The fourth-order valence-corrected chi connectivity index (χ4v) is 3.44. The first-order valence-corrected chi connectivity index (χ1v) is 8.41. The monoisotopic (exact) mass is 317 g/mol. The highest BCUT2D eigenvalue weighted by atomic mass is 32.2. The van der Waals surface area contributed by atoms with Gasteiger partial charge < -0.3 is 5.32 Å². The predicted molar refractivity (Wildman–Crippen MR) is 85.9 cm³/mol. The van der Waals surface area contributed by atoms with Crippen LogP contribution in [0.1, 0.15) is 31.4 Å². The van der Waals surface area contributed by atoms with E-state index in [1.807, 2.05) is 19.9 Å². The Hall–Kier alpha value is -1.89. The van der Waals surface area contributed by atoms with E-state index < -0.39 is 0 Å². The predicted octanol–water partition coefficient (Wildman–Crippen LogP) is 2.30. The molecule has 0 aliphatic heterocycles. The summed E-state index contributed by atoms with van der Waals surface area (Å²) in [5, 5.41) is 14.9. The van der Waals surface area contributed by atoms with Crippen LogP contribution >= 0.6 is 11.8 Å². The lowest BCUT2D eigenvalue weighted by molar-refractivity contribution is -0.115. The molecule has 0 saturated heterocycles. The molecule has 1 N–H and O–H groups in total. The minimum Gasteiger partial charge on any atom is -0.325 e. The molecular formula is C15H19N5OS. The third-order valence-electron chi connectivity index (χ3n) is 3.82. The fourth-order valence-electron chi connectivity index (χ4n) is 2.58. The Morgan fingerprint density at radius 3 is 3.05 bits per heavy atom. The number of rotatable bonds is 5. The van der Waals surface area contributed by atoms with Crippen molar-refractivity contribution in [3.63, 3.8) is 0 Å². The van der Waals surface area contributed by atoms with Gasteiger partial charge in [-0.1, -0.05) is 17.8 Å². The molecule has 0 fully saturated rings. The molecule has 0 saturated carbocycles. The van der Waals surface area contributed by atoms with Gasteiger partial charge in [0.05, 0.1) is 5.25 Å². The minimum atomic E-state index is -0.260. The molecule has 1 atom stereocenters. The average molecular weight is 317 g/mol. The van der Waals surface area contributed by atoms with Crippen molar-refractivity contribution < 1.29 is 4.79 Å². The summed E-state index contributed by atoms with van der Waals surface area (Å²) in [4.78, 5) is 12.3. The summed E-state index contributed by atoms with van der Waals surface area (Å²) < 4.78 is 1.68. The number of aryl methyl sites for hydroxylation is 3. The second kappa shape index (κ2) is 6.48. The number of benzene rings is 1. The lowest BCUT2D eigenvalue weighted by Gasteiger charge is -2.12. The number of fused-ring (bicyclic) bond motifs is 1. The Bertz CT molecular complexity index is 684. The first kappa shape index (κ1) is 15.0. The number of hydrogen-bond acceptors (Lipinski definition) is 5. The molecule has 0 radical (unpaired) electrons. The number of nitrogens with one attached hydrogen (secondary N) is 1. The second-order valence-electron chi connectivity index (χ2n) is 5.36. The Balaban J connectivity index is 1.64. The van der Waals surface area contributed by atoms with Crippen molar-refractivity contribution in [2.24, 2.45) is 0 Å². The summed E-state index contributed by atoms with van der Waals surface area (Å²) >= 11 is 1.37. The average Bonchev–Trinajstić information content (AvgIpc) is 3.15. The summed E-state index contributed by atoms with van der Waals surface area (Å²) in [5.41, 5.74) is 3.63. The highest BCUT2D eigenvalue weighted by molar-refractivity contribution is 8.00. The van der Waals surface area contributed by atoms with E-state index in [0.29, 0.717) is 11.7 Å². The highest BCUT2D eigenvalue weighted by Crippen LogP contribution is 2.26. The van der Waals surface area contributed by atoms with E-state index in [-0.39, 0.29) is 11.2 Å². The van der Waals surface area contributed by atoms with Gasteiger partial charge in [0.15, 0.2) is 0 Å². The minimum absolute atomic E-state index is 0.0337. The summed E-state index contributed by atoms with van der Waals surface area (Å²) in [6.07, 6.45) is 3.46. The number of carbonyl (C=O) groups is 1. The maximum absolute atomic E-state index is 12.3. The zero-order valence-electron chi connectivity index (χ0n) is 12.7. The smallest absolute Gasteiger partial charge is 0.237 e.